The Hall–Kier alpha value is -3.19. The van der Waals surface area contributed by atoms with Crippen LogP contribution in [0.25, 0.3) is 22.5 Å². The summed E-state index contributed by atoms with van der Waals surface area (Å²) >= 11 is 4.30. The minimum absolute atomic E-state index is 0.0947. The summed E-state index contributed by atoms with van der Waals surface area (Å²) in [6.45, 7) is 3.52. The predicted molar refractivity (Wildman–Crippen MR) is 159 cm³/mol. The highest BCUT2D eigenvalue weighted by molar-refractivity contribution is 7.99. The van der Waals surface area contributed by atoms with Crippen LogP contribution in [-0.2, 0) is 27.2 Å². The van der Waals surface area contributed by atoms with Crippen LogP contribution in [0.5, 0.6) is 5.75 Å². The third-order valence-electron chi connectivity index (χ3n) is 6.55. The van der Waals surface area contributed by atoms with Gasteiger partial charge in [-0.1, -0.05) is 30.8 Å². The molecule has 4 heterocycles. The minimum Gasteiger partial charge on any atom is -0.497 e. The maximum atomic E-state index is 13.1. The van der Waals surface area contributed by atoms with E-state index in [2.05, 4.69) is 38.5 Å². The van der Waals surface area contributed by atoms with Gasteiger partial charge in [-0.2, -0.15) is 0 Å². The van der Waals surface area contributed by atoms with Gasteiger partial charge < -0.3 is 19.5 Å². The highest BCUT2D eigenvalue weighted by atomic mass is 32.2. The molecule has 4 aromatic rings. The fourth-order valence-corrected chi connectivity index (χ4v) is 7.01. The Kier molecular flexibility index (Phi) is 9.20. The van der Waals surface area contributed by atoms with E-state index < -0.39 is 5.97 Å². The minimum atomic E-state index is -0.516. The van der Waals surface area contributed by atoms with Gasteiger partial charge in [0.25, 0.3) is 0 Å². The van der Waals surface area contributed by atoms with Crippen molar-refractivity contribution in [3.8, 4) is 28.3 Å². The monoisotopic (exact) mass is 598 g/mol. The first-order chi connectivity index (χ1) is 19.5. The maximum absolute atomic E-state index is 13.1. The molecule has 0 saturated carbocycles. The number of carbonyl (C=O) groups excluding carboxylic acids is 2. The summed E-state index contributed by atoms with van der Waals surface area (Å²) in [7, 11) is 2.93. The van der Waals surface area contributed by atoms with Gasteiger partial charge in [0.1, 0.15) is 16.3 Å². The van der Waals surface area contributed by atoms with Crippen molar-refractivity contribution < 1.29 is 23.8 Å². The number of aromatic nitrogens is 3. The van der Waals surface area contributed by atoms with Gasteiger partial charge >= 0.3 is 5.97 Å². The first kappa shape index (κ1) is 28.3. The van der Waals surface area contributed by atoms with Crippen molar-refractivity contribution in [2.75, 3.05) is 31.9 Å². The lowest BCUT2D eigenvalue weighted by Gasteiger charge is -2.14. The Morgan fingerprint density at radius 1 is 1.15 bits per heavy atom. The molecule has 1 atom stereocenters. The van der Waals surface area contributed by atoms with Crippen molar-refractivity contribution in [1.29, 1.82) is 0 Å². The molecule has 40 heavy (non-hydrogen) atoms. The Bertz CT molecular complexity index is 1470. The van der Waals surface area contributed by atoms with Crippen molar-refractivity contribution in [1.82, 2.24) is 14.8 Å². The molecule has 1 aromatic carbocycles. The highest BCUT2D eigenvalue weighted by Crippen LogP contribution is 2.37. The zero-order valence-electron chi connectivity index (χ0n) is 22.5. The average Bonchev–Trinajstić information content (AvgIpc) is 3.79. The molecule has 1 unspecified atom stereocenters. The predicted octanol–water partition coefficient (Wildman–Crippen LogP) is 6.00. The second-order valence-electron chi connectivity index (χ2n) is 9.12. The quantitative estimate of drug-likeness (QED) is 0.166. The van der Waals surface area contributed by atoms with E-state index in [4.69, 9.17) is 14.2 Å². The fraction of sp³-hybridized carbons (Fsp3) is 0.357. The molecule has 9 nitrogen and oxygen atoms in total. The van der Waals surface area contributed by atoms with Crippen LogP contribution in [0, 0.1) is 0 Å². The number of ether oxygens (including phenoxy) is 3. The van der Waals surface area contributed by atoms with Crippen molar-refractivity contribution in [2.45, 2.75) is 44.0 Å². The fourth-order valence-electron chi connectivity index (χ4n) is 4.48. The molecule has 12 heteroatoms. The molecule has 1 aliphatic heterocycles. The van der Waals surface area contributed by atoms with Crippen LogP contribution < -0.4 is 10.1 Å². The third-order valence-corrected chi connectivity index (χ3v) is 9.50. The molecule has 1 aliphatic rings. The van der Waals surface area contributed by atoms with Gasteiger partial charge in [-0.15, -0.1) is 32.9 Å². The molecular weight excluding hydrogens is 569 g/mol. The number of benzene rings is 1. The Labute approximate surface area is 244 Å². The highest BCUT2D eigenvalue weighted by Gasteiger charge is 2.25. The smallest absolute Gasteiger partial charge is 0.341 e. The van der Waals surface area contributed by atoms with Crippen LogP contribution in [0.3, 0.4) is 0 Å². The number of esters is 1. The average molecular weight is 599 g/mol. The second kappa shape index (κ2) is 13.0. The molecular formula is C28H30N4O5S3. The molecule has 1 saturated heterocycles. The molecule has 210 valence electrons. The van der Waals surface area contributed by atoms with Crippen LogP contribution in [0.15, 0.2) is 46.2 Å². The number of rotatable bonds is 11. The van der Waals surface area contributed by atoms with Gasteiger partial charge in [0.05, 0.1) is 32.6 Å². The Morgan fingerprint density at radius 2 is 1.98 bits per heavy atom. The summed E-state index contributed by atoms with van der Waals surface area (Å²) in [4.78, 5) is 27.1. The summed E-state index contributed by atoms with van der Waals surface area (Å²) < 4.78 is 18.2. The Morgan fingerprint density at radius 3 is 2.65 bits per heavy atom. The first-order valence-electron chi connectivity index (χ1n) is 12.9. The molecule has 0 radical (unpaired) electrons. The van der Waals surface area contributed by atoms with E-state index in [-0.39, 0.29) is 17.8 Å². The number of methoxy groups -OCH3 is 2. The molecule has 0 bridgehead atoms. The van der Waals surface area contributed by atoms with E-state index >= 15 is 0 Å². The van der Waals surface area contributed by atoms with E-state index in [0.29, 0.717) is 33.6 Å². The number of nitrogens with one attached hydrogen (secondary N) is 1. The third kappa shape index (κ3) is 6.25. The van der Waals surface area contributed by atoms with Gasteiger partial charge in [-0.3, -0.25) is 9.36 Å². The standard InChI is InChI=1S/C28H30N4O5S3/c1-4-21-12-18(14-38-21)25-30-31-28(32(25)13-20-6-5-11-37-20)40-16-23(33)29-26-24(27(34)36-3)22(15-39-26)17-7-9-19(35-2)10-8-17/h7-10,12,14-15,20H,4-6,11,13,16H2,1-3H3,(H,29,33). The number of nitrogens with zero attached hydrogens (tertiary/aromatic N) is 3. The van der Waals surface area contributed by atoms with Crippen LogP contribution in [0.4, 0.5) is 5.00 Å². The molecule has 0 spiro atoms. The van der Waals surface area contributed by atoms with E-state index in [9.17, 15) is 9.59 Å². The van der Waals surface area contributed by atoms with Crippen LogP contribution in [0.2, 0.25) is 0 Å². The lowest BCUT2D eigenvalue weighted by Crippen LogP contribution is -2.18. The van der Waals surface area contributed by atoms with Crippen molar-refractivity contribution in [3.05, 3.63) is 51.5 Å². The number of aryl methyl sites for hydroxylation is 1. The molecule has 1 amide bonds. The van der Waals surface area contributed by atoms with E-state index in [1.807, 2.05) is 29.6 Å². The zero-order chi connectivity index (χ0) is 28.1. The topological polar surface area (TPSA) is 105 Å². The van der Waals surface area contributed by atoms with E-state index in [1.165, 1.54) is 35.1 Å². The van der Waals surface area contributed by atoms with Crippen molar-refractivity contribution in [2.24, 2.45) is 0 Å². The van der Waals surface area contributed by atoms with Gasteiger partial charge in [-0.25, -0.2) is 4.79 Å². The molecule has 1 N–H and O–H groups in total. The number of hydrogen-bond donors (Lipinski definition) is 1. The Balaban J connectivity index is 1.33. The summed E-state index contributed by atoms with van der Waals surface area (Å²) in [5.74, 6) is 0.826. The van der Waals surface area contributed by atoms with Crippen LogP contribution in [0.1, 0.15) is 35.0 Å². The van der Waals surface area contributed by atoms with Crippen molar-refractivity contribution in [3.63, 3.8) is 0 Å². The number of anilines is 1. The molecule has 5 rings (SSSR count). The lowest BCUT2D eigenvalue weighted by molar-refractivity contribution is -0.113. The molecule has 3 aromatic heterocycles. The normalized spacial score (nSPS) is 14.8. The first-order valence-corrected chi connectivity index (χ1v) is 15.6. The van der Waals surface area contributed by atoms with Gasteiger partial charge in [0.2, 0.25) is 5.91 Å². The zero-order valence-corrected chi connectivity index (χ0v) is 24.9. The summed E-state index contributed by atoms with van der Waals surface area (Å²) in [5.41, 5.74) is 2.85. The lowest BCUT2D eigenvalue weighted by atomic mass is 10.0. The largest absolute Gasteiger partial charge is 0.497 e. The van der Waals surface area contributed by atoms with E-state index in [0.717, 1.165) is 42.8 Å². The van der Waals surface area contributed by atoms with Crippen LogP contribution in [-0.4, -0.2) is 59.3 Å². The summed E-state index contributed by atoms with van der Waals surface area (Å²) in [5, 5.41) is 16.8. The summed E-state index contributed by atoms with van der Waals surface area (Å²) in [6.07, 6.45) is 3.07. The van der Waals surface area contributed by atoms with E-state index in [1.54, 1.807) is 18.4 Å². The van der Waals surface area contributed by atoms with Gasteiger partial charge in [-0.05, 0) is 43.0 Å². The number of thiophene rings is 2. The van der Waals surface area contributed by atoms with Gasteiger partial charge in [0.15, 0.2) is 11.0 Å². The van der Waals surface area contributed by atoms with Crippen molar-refractivity contribution >= 4 is 51.3 Å². The SMILES string of the molecule is CCc1cc(-c2nnc(SCC(=O)Nc3scc(-c4ccc(OC)cc4)c3C(=O)OC)n2CC2CCCO2)cs1. The van der Waals surface area contributed by atoms with Gasteiger partial charge in [0, 0.05) is 33.4 Å². The number of thioether (sulfide) groups is 1. The van der Waals surface area contributed by atoms with Crippen LogP contribution >= 0.6 is 34.4 Å². The maximum Gasteiger partial charge on any atom is 0.341 e. The number of hydrogen-bond acceptors (Lipinski definition) is 10. The molecule has 0 aliphatic carbocycles. The number of amides is 1. The second-order valence-corrected chi connectivity index (χ2v) is 11.9. The molecule has 1 fully saturated rings. The number of carbonyl (C=O) groups is 2. The summed E-state index contributed by atoms with van der Waals surface area (Å²) in [6, 6.07) is 9.52.